The van der Waals surface area contributed by atoms with E-state index in [9.17, 15) is 0 Å². The molecule has 0 rings (SSSR count). The molecule has 0 aromatic rings. The fraction of sp³-hybridized carbons (Fsp3) is 0. The molecule has 0 saturated carbocycles. The fourth-order valence-corrected chi connectivity index (χ4v) is 0. The van der Waals surface area contributed by atoms with Crippen LogP contribution in [0.5, 0.6) is 0 Å². The molecule has 28 valence electrons. The zero-order chi connectivity index (χ0) is 0. The van der Waals surface area contributed by atoms with Gasteiger partial charge < -0.3 is 8.33 Å². The Balaban J connectivity index is 0. The van der Waals surface area contributed by atoms with Crippen LogP contribution < -0.4 is 0 Å². The third-order valence-corrected chi connectivity index (χ3v) is 0. The first-order valence-electron chi connectivity index (χ1n) is 0. The summed E-state index contributed by atoms with van der Waals surface area (Å²) in [6, 6.07) is 0. The molecule has 0 spiro atoms. The van der Waals surface area contributed by atoms with Gasteiger partial charge in [0.25, 0.3) is 0 Å². The Morgan fingerprint density at radius 2 is 1.20 bits per heavy atom. The van der Waals surface area contributed by atoms with Crippen molar-refractivity contribution >= 4 is 49.3 Å². The molecule has 0 aliphatic carbocycles. The zero-order valence-corrected chi connectivity index (χ0v) is 15.9. The van der Waals surface area contributed by atoms with Crippen molar-refractivity contribution < 1.29 is 60.4 Å². The van der Waals surface area contributed by atoms with Gasteiger partial charge in [0.15, 0.2) is 0 Å². The first-order chi connectivity index (χ1) is 0. The molecule has 0 aromatic heterocycles. The quantitative estimate of drug-likeness (QED) is 0.323. The molecule has 0 aromatic carbocycles. The number of hydrogen-bond acceptors (Lipinski definition) is 0. The number of hydrogen-bond donors (Lipinski definition) is 0. The van der Waals surface area contributed by atoms with E-state index in [-0.39, 0.29) is 110 Å². The monoisotopic (exact) mass is 526 g/mol. The van der Waals surface area contributed by atoms with E-state index in [1.54, 1.807) is 0 Å². The fourth-order valence-electron chi connectivity index (χ4n) is 0. The smallest absolute Gasteiger partial charge is 1.00 e. The third-order valence-electron chi connectivity index (χ3n) is 0. The molecule has 0 amide bonds. The van der Waals surface area contributed by atoms with Gasteiger partial charge in [-0.05, 0) is 0 Å². The van der Waals surface area contributed by atoms with Gasteiger partial charge in [-0.25, -0.2) is 0 Å². The van der Waals surface area contributed by atoms with E-state index < -0.39 is 0 Å². The average molecular weight is 526 g/mol. The average Bonchev–Trinajstić information content (AvgIpc) is 0. The van der Waals surface area contributed by atoms with Crippen LogP contribution in [0.4, 0.5) is 0 Å². The Bertz CT molecular complexity index is 17.7. The van der Waals surface area contributed by atoms with Crippen molar-refractivity contribution in [2.75, 3.05) is 0 Å². The minimum absolute atomic E-state index is 0. The summed E-state index contributed by atoms with van der Waals surface area (Å²) in [6.07, 6.45) is 0. The Morgan fingerprint density at radius 1 is 1.20 bits per heavy atom. The molecule has 0 heterocycles. The van der Waals surface area contributed by atoms with Crippen LogP contribution in [0.2, 0.25) is 0 Å². The van der Waals surface area contributed by atoms with Crippen LogP contribution in [0.1, 0.15) is 2.85 Å². The van der Waals surface area contributed by atoms with E-state index in [1.807, 2.05) is 0 Å². The normalized spacial score (nSPS) is 0. The third kappa shape index (κ3) is 18.7. The predicted molar refractivity (Wildman–Crippen MR) is 21.5 cm³/mol. The summed E-state index contributed by atoms with van der Waals surface area (Å²) in [4.78, 5) is 0. The van der Waals surface area contributed by atoms with Crippen molar-refractivity contribution in [3.8, 4) is 0 Å². The van der Waals surface area contributed by atoms with Crippen LogP contribution in [0, 0.1) is 0 Å². The minimum atomic E-state index is 0. The van der Waals surface area contributed by atoms with E-state index in [4.69, 9.17) is 0 Å². The van der Waals surface area contributed by atoms with E-state index >= 15 is 0 Å². The molecule has 0 bridgehead atoms. The molecule has 0 saturated heterocycles. The van der Waals surface area contributed by atoms with Crippen LogP contribution >= 0.6 is 0 Å². The molecule has 5 heteroatoms. The SMILES string of the molecule is O.[BiH3].[H-].[H-].[Hf].[Mg+2].[Zr]. The largest absolute Gasteiger partial charge is 2.00 e. The molecule has 0 fully saturated rings. The topological polar surface area (TPSA) is 31.5 Å². The Hall–Kier alpha value is 3.36. The van der Waals surface area contributed by atoms with Gasteiger partial charge in [-0.1, -0.05) is 0 Å². The van der Waals surface area contributed by atoms with E-state index in [2.05, 4.69) is 0 Å². The van der Waals surface area contributed by atoms with Crippen molar-refractivity contribution in [3.63, 3.8) is 0 Å². The van der Waals surface area contributed by atoms with Gasteiger partial charge in [-0.15, -0.1) is 0 Å². The predicted octanol–water partition coefficient (Wildman–Crippen LogP) is -2.17. The van der Waals surface area contributed by atoms with Crippen molar-refractivity contribution in [2.45, 2.75) is 0 Å². The van der Waals surface area contributed by atoms with E-state index in [0.29, 0.717) is 0 Å². The maximum atomic E-state index is 0. The first kappa shape index (κ1) is 40.1. The van der Waals surface area contributed by atoms with E-state index in [1.165, 1.54) is 0 Å². The Labute approximate surface area is 107 Å². The molecule has 0 atom stereocenters. The summed E-state index contributed by atoms with van der Waals surface area (Å²) >= 11 is 0. The Morgan fingerprint density at radius 3 is 1.20 bits per heavy atom. The molecule has 0 aliphatic heterocycles. The summed E-state index contributed by atoms with van der Waals surface area (Å²) in [6.45, 7) is 0. The molecular weight excluding hydrogens is 519 g/mol. The second kappa shape index (κ2) is 26.4. The first-order valence-corrected chi connectivity index (χ1v) is 0. The van der Waals surface area contributed by atoms with Gasteiger partial charge >= 0.3 is 49.3 Å². The molecule has 5 heavy (non-hydrogen) atoms. The molecular formula is H7BiHfMgOZr. The van der Waals surface area contributed by atoms with Crippen LogP contribution in [0.3, 0.4) is 0 Å². The standard InChI is InChI=1S/Bi.Hf.Mg.H2O.Zr.5H/h;;;1H2;;;;;;/q;;+2;;;;;;2*-1. The van der Waals surface area contributed by atoms with Crippen LogP contribution in [0.15, 0.2) is 0 Å². The van der Waals surface area contributed by atoms with Crippen LogP contribution in [0.25, 0.3) is 0 Å². The van der Waals surface area contributed by atoms with E-state index in [0.717, 1.165) is 0 Å². The summed E-state index contributed by atoms with van der Waals surface area (Å²) in [5, 5.41) is 0. The van der Waals surface area contributed by atoms with Gasteiger partial charge in [0.05, 0.1) is 0 Å². The van der Waals surface area contributed by atoms with Gasteiger partial charge in [0.2, 0.25) is 0 Å². The van der Waals surface area contributed by atoms with Gasteiger partial charge in [0, 0.05) is 52.0 Å². The van der Waals surface area contributed by atoms with Crippen molar-refractivity contribution in [1.29, 1.82) is 0 Å². The van der Waals surface area contributed by atoms with Crippen LogP contribution in [-0.2, 0) is 52.0 Å². The maximum absolute atomic E-state index is 0. The zero-order valence-electron chi connectivity index (χ0n) is 4.91. The maximum Gasteiger partial charge on any atom is 2.00 e. The van der Waals surface area contributed by atoms with Gasteiger partial charge in [-0.3, -0.25) is 0 Å². The summed E-state index contributed by atoms with van der Waals surface area (Å²) in [7, 11) is 0. The molecule has 0 radical (unpaired) electrons. The minimum Gasteiger partial charge on any atom is -1.00 e. The van der Waals surface area contributed by atoms with Crippen molar-refractivity contribution in [2.24, 2.45) is 0 Å². The van der Waals surface area contributed by atoms with Crippen molar-refractivity contribution in [3.05, 3.63) is 0 Å². The van der Waals surface area contributed by atoms with Gasteiger partial charge in [-0.2, -0.15) is 0 Å². The molecule has 0 unspecified atom stereocenters. The van der Waals surface area contributed by atoms with Gasteiger partial charge in [0.1, 0.15) is 0 Å². The second-order valence-electron chi connectivity index (χ2n) is 0. The number of rotatable bonds is 0. The van der Waals surface area contributed by atoms with Crippen molar-refractivity contribution in [1.82, 2.24) is 0 Å². The summed E-state index contributed by atoms with van der Waals surface area (Å²) in [5.74, 6) is 0. The molecule has 0 aliphatic rings. The second-order valence-corrected chi connectivity index (χ2v) is 0. The summed E-state index contributed by atoms with van der Waals surface area (Å²) in [5.41, 5.74) is 0. The summed E-state index contributed by atoms with van der Waals surface area (Å²) < 4.78 is 0. The van der Waals surface area contributed by atoms with Crippen LogP contribution in [-0.4, -0.2) is 54.7 Å². The molecule has 2 N–H and O–H groups in total. The molecule has 1 nitrogen and oxygen atoms in total. The Kier molecular flexibility index (Phi) is 211.